The number of hydrogen-bond acceptors (Lipinski definition) is 4. The summed E-state index contributed by atoms with van der Waals surface area (Å²) in [5.74, 6) is 6.34. The Morgan fingerprint density at radius 3 is 2.58 bits per heavy atom. The van der Waals surface area contributed by atoms with E-state index >= 15 is 0 Å². The smallest absolute Gasteiger partial charge is 0.226 e. The Morgan fingerprint density at radius 2 is 1.95 bits per heavy atom. The zero-order valence-corrected chi connectivity index (χ0v) is 12.8. The second kappa shape index (κ2) is 7.64. The molecule has 1 aromatic heterocycles. The molecular weight excluding hydrogens is 311 g/mol. The fourth-order valence-corrected chi connectivity index (χ4v) is 1.13. The molecule has 1 unspecified atom stereocenters. The lowest BCUT2D eigenvalue weighted by atomic mass is 10.4. The summed E-state index contributed by atoms with van der Waals surface area (Å²) >= 11 is 17.1. The van der Waals surface area contributed by atoms with E-state index in [1.54, 1.807) is 6.92 Å². The van der Waals surface area contributed by atoms with Crippen LogP contribution in [-0.2, 0) is 0 Å². The maximum Gasteiger partial charge on any atom is 0.226 e. The van der Waals surface area contributed by atoms with E-state index in [4.69, 9.17) is 44.3 Å². The molecular formula is C12H13Cl3N2O2. The number of aromatic nitrogens is 2. The highest BCUT2D eigenvalue weighted by Crippen LogP contribution is 2.32. The molecule has 1 atom stereocenters. The zero-order chi connectivity index (χ0) is 14.3. The van der Waals surface area contributed by atoms with Crippen LogP contribution in [0.2, 0.25) is 0 Å². The lowest BCUT2D eigenvalue weighted by molar-refractivity contribution is 0.214. The van der Waals surface area contributed by atoms with Gasteiger partial charge in [-0.2, -0.15) is 0 Å². The van der Waals surface area contributed by atoms with Gasteiger partial charge in [0.1, 0.15) is 12.4 Å². The van der Waals surface area contributed by atoms with E-state index in [1.165, 1.54) is 12.4 Å². The Bertz CT molecular complexity index is 466. The number of halogens is 3. The van der Waals surface area contributed by atoms with Crippen molar-refractivity contribution < 1.29 is 9.47 Å². The summed E-state index contributed by atoms with van der Waals surface area (Å²) in [5.41, 5.74) is 0. The Labute approximate surface area is 127 Å². The second-order valence-electron chi connectivity index (χ2n) is 3.49. The van der Waals surface area contributed by atoms with Gasteiger partial charge in [-0.15, -0.1) is 5.92 Å². The van der Waals surface area contributed by atoms with Gasteiger partial charge in [-0.05, 0) is 6.92 Å². The molecule has 1 rings (SSSR count). The number of ether oxygens (including phenoxy) is 2. The summed E-state index contributed by atoms with van der Waals surface area (Å²) in [4.78, 5) is 7.84. The minimum atomic E-state index is -1.53. The molecule has 4 nitrogen and oxygen atoms in total. The third-order valence-corrected chi connectivity index (χ3v) is 2.89. The van der Waals surface area contributed by atoms with Gasteiger partial charge in [-0.25, -0.2) is 9.97 Å². The first-order valence-electron chi connectivity index (χ1n) is 5.57. The van der Waals surface area contributed by atoms with Gasteiger partial charge < -0.3 is 9.47 Å². The van der Waals surface area contributed by atoms with Gasteiger partial charge in [0.25, 0.3) is 0 Å². The first-order chi connectivity index (χ1) is 8.93. The molecule has 1 heterocycles. The summed E-state index contributed by atoms with van der Waals surface area (Å²) in [6, 6.07) is 1.51. The van der Waals surface area contributed by atoms with E-state index < -0.39 is 9.90 Å². The molecule has 0 radical (unpaired) electrons. The highest BCUT2D eigenvalue weighted by molar-refractivity contribution is 6.68. The maximum atomic E-state index is 5.70. The number of alkyl halides is 3. The predicted octanol–water partition coefficient (Wildman–Crippen LogP) is 3.41. The van der Waals surface area contributed by atoms with Crippen molar-refractivity contribution in [3.05, 3.63) is 12.4 Å². The largest absolute Gasteiger partial charge is 0.470 e. The molecule has 19 heavy (non-hydrogen) atoms. The van der Waals surface area contributed by atoms with E-state index in [9.17, 15) is 0 Å². The SMILES string of the molecule is CCC#CCOc1cc(OC(C)C(Cl)(Cl)Cl)ncn1. The third-order valence-electron chi connectivity index (χ3n) is 1.97. The van der Waals surface area contributed by atoms with Gasteiger partial charge in [0.2, 0.25) is 15.6 Å². The molecule has 7 heteroatoms. The average Bonchev–Trinajstić information content (AvgIpc) is 2.34. The van der Waals surface area contributed by atoms with Crippen LogP contribution < -0.4 is 9.47 Å². The Hall–Kier alpha value is -0.890. The molecule has 0 aliphatic carbocycles. The van der Waals surface area contributed by atoms with Crippen LogP contribution in [0.3, 0.4) is 0 Å². The van der Waals surface area contributed by atoms with Crippen molar-refractivity contribution in [2.75, 3.05) is 6.61 Å². The Balaban J connectivity index is 2.62. The summed E-state index contributed by atoms with van der Waals surface area (Å²) in [7, 11) is 0. The van der Waals surface area contributed by atoms with Gasteiger partial charge in [0.05, 0.1) is 6.07 Å². The van der Waals surface area contributed by atoms with Crippen LogP contribution in [0, 0.1) is 11.8 Å². The van der Waals surface area contributed by atoms with Crippen LogP contribution in [-0.4, -0.2) is 26.5 Å². The lowest BCUT2D eigenvalue weighted by Crippen LogP contribution is -2.28. The van der Waals surface area contributed by atoms with Crippen LogP contribution in [0.15, 0.2) is 12.4 Å². The normalized spacial score (nSPS) is 12.3. The number of rotatable bonds is 4. The van der Waals surface area contributed by atoms with Crippen molar-refractivity contribution in [1.29, 1.82) is 0 Å². The fraction of sp³-hybridized carbons (Fsp3) is 0.500. The van der Waals surface area contributed by atoms with Gasteiger partial charge in [0.15, 0.2) is 6.61 Å². The highest BCUT2D eigenvalue weighted by atomic mass is 35.6. The quantitative estimate of drug-likeness (QED) is 0.629. The van der Waals surface area contributed by atoms with Crippen molar-refractivity contribution in [3.63, 3.8) is 0 Å². The summed E-state index contributed by atoms with van der Waals surface area (Å²) in [5, 5.41) is 0. The van der Waals surface area contributed by atoms with Crippen molar-refractivity contribution in [2.45, 2.75) is 30.2 Å². The third kappa shape index (κ3) is 6.20. The molecule has 1 aromatic rings. The van der Waals surface area contributed by atoms with Crippen molar-refractivity contribution >= 4 is 34.8 Å². The zero-order valence-electron chi connectivity index (χ0n) is 10.5. The van der Waals surface area contributed by atoms with Crippen LogP contribution in [0.1, 0.15) is 20.3 Å². The average molecular weight is 324 g/mol. The summed E-state index contributed by atoms with van der Waals surface area (Å²) < 4.78 is 9.17. The van der Waals surface area contributed by atoms with Crippen LogP contribution in [0.25, 0.3) is 0 Å². The summed E-state index contributed by atoms with van der Waals surface area (Å²) in [6.07, 6.45) is 1.44. The second-order valence-corrected chi connectivity index (χ2v) is 5.86. The minimum absolute atomic E-state index is 0.254. The first kappa shape index (κ1) is 16.2. The van der Waals surface area contributed by atoms with E-state index in [0.717, 1.165) is 6.42 Å². The molecule has 0 fully saturated rings. The van der Waals surface area contributed by atoms with Gasteiger partial charge in [-0.1, -0.05) is 47.6 Å². The van der Waals surface area contributed by atoms with E-state index in [0.29, 0.717) is 5.88 Å². The predicted molar refractivity (Wildman–Crippen MR) is 76.0 cm³/mol. The molecule has 0 spiro atoms. The molecule has 0 N–H and O–H groups in total. The minimum Gasteiger partial charge on any atom is -0.470 e. The van der Waals surface area contributed by atoms with Gasteiger partial charge >= 0.3 is 0 Å². The molecule has 0 amide bonds. The topological polar surface area (TPSA) is 44.2 Å². The molecule has 0 saturated heterocycles. The number of hydrogen-bond donors (Lipinski definition) is 0. The maximum absolute atomic E-state index is 5.70. The molecule has 0 bridgehead atoms. The molecule has 0 aliphatic rings. The Morgan fingerprint density at radius 1 is 1.26 bits per heavy atom. The summed E-state index contributed by atoms with van der Waals surface area (Å²) in [6.45, 7) is 3.84. The van der Waals surface area contributed by atoms with E-state index in [-0.39, 0.29) is 12.5 Å². The molecule has 0 saturated carbocycles. The van der Waals surface area contributed by atoms with Crippen molar-refractivity contribution in [2.24, 2.45) is 0 Å². The van der Waals surface area contributed by atoms with Crippen LogP contribution >= 0.6 is 34.8 Å². The van der Waals surface area contributed by atoms with Crippen molar-refractivity contribution in [1.82, 2.24) is 9.97 Å². The monoisotopic (exact) mass is 322 g/mol. The van der Waals surface area contributed by atoms with Gasteiger partial charge in [-0.3, -0.25) is 0 Å². The van der Waals surface area contributed by atoms with Gasteiger partial charge in [0, 0.05) is 6.42 Å². The van der Waals surface area contributed by atoms with Crippen molar-refractivity contribution in [3.8, 4) is 23.6 Å². The Kier molecular flexibility index (Phi) is 6.50. The fourth-order valence-electron chi connectivity index (χ4n) is 1.00. The molecule has 0 aromatic carbocycles. The lowest BCUT2D eigenvalue weighted by Gasteiger charge is -2.20. The standard InChI is InChI=1S/C12H13Cl3N2O2/c1-3-4-5-6-18-10-7-11(17-8-16-10)19-9(2)12(13,14)15/h7-9H,3,6H2,1-2H3. The first-order valence-corrected chi connectivity index (χ1v) is 6.70. The highest BCUT2D eigenvalue weighted by Gasteiger charge is 2.30. The van der Waals surface area contributed by atoms with Crippen LogP contribution in [0.4, 0.5) is 0 Å². The van der Waals surface area contributed by atoms with E-state index in [1.807, 2.05) is 6.92 Å². The molecule has 0 aliphatic heterocycles. The number of nitrogens with zero attached hydrogens (tertiary/aromatic N) is 2. The molecule has 104 valence electrons. The van der Waals surface area contributed by atoms with Crippen LogP contribution in [0.5, 0.6) is 11.8 Å². The van der Waals surface area contributed by atoms with E-state index in [2.05, 4.69) is 21.8 Å².